The molecular formula is C15H30N2O3. The molecule has 3 unspecified atom stereocenters. The average Bonchev–Trinajstić information content (AvgIpc) is 2.70. The van der Waals surface area contributed by atoms with Crippen LogP contribution in [0.1, 0.15) is 26.2 Å². The fraction of sp³-hybridized carbons (Fsp3) is 1.00. The maximum Gasteiger partial charge on any atom is 0.0716 e. The van der Waals surface area contributed by atoms with Crippen LogP contribution in [-0.2, 0) is 4.74 Å². The molecule has 3 atom stereocenters. The Morgan fingerprint density at radius 2 is 1.95 bits per heavy atom. The number of aliphatic hydroxyl groups excluding tert-OH is 1. The lowest BCUT2D eigenvalue weighted by Crippen LogP contribution is -2.43. The van der Waals surface area contributed by atoms with E-state index in [-0.39, 0.29) is 0 Å². The summed E-state index contributed by atoms with van der Waals surface area (Å²) in [5.74, 6) is 0.628. The molecule has 20 heavy (non-hydrogen) atoms. The first-order valence-corrected chi connectivity index (χ1v) is 7.76. The van der Waals surface area contributed by atoms with Crippen LogP contribution in [0.3, 0.4) is 0 Å². The van der Waals surface area contributed by atoms with Crippen molar-refractivity contribution in [2.75, 3.05) is 46.9 Å². The van der Waals surface area contributed by atoms with Crippen LogP contribution in [0.5, 0.6) is 0 Å². The smallest absolute Gasteiger partial charge is 0.0716 e. The molecule has 2 aliphatic rings. The molecule has 0 aromatic heterocycles. The number of hydrogen-bond acceptors (Lipinski definition) is 5. The molecule has 0 aliphatic carbocycles. The second-order valence-corrected chi connectivity index (χ2v) is 6.92. The highest BCUT2D eigenvalue weighted by atomic mass is 16.5. The third-order valence-electron chi connectivity index (χ3n) is 4.82. The Labute approximate surface area is 122 Å². The molecule has 0 radical (unpaired) electrons. The van der Waals surface area contributed by atoms with Gasteiger partial charge in [0.15, 0.2) is 0 Å². The highest BCUT2D eigenvalue weighted by Gasteiger charge is 2.35. The summed E-state index contributed by atoms with van der Waals surface area (Å²) in [6.45, 7) is 6.18. The molecule has 0 spiro atoms. The second kappa shape index (κ2) is 6.71. The van der Waals surface area contributed by atoms with Crippen LogP contribution in [0, 0.1) is 5.92 Å². The van der Waals surface area contributed by atoms with Gasteiger partial charge in [-0.15, -0.1) is 0 Å². The fourth-order valence-corrected chi connectivity index (χ4v) is 3.63. The fourth-order valence-electron chi connectivity index (χ4n) is 3.63. The van der Waals surface area contributed by atoms with Crippen molar-refractivity contribution in [1.29, 1.82) is 0 Å². The molecule has 2 heterocycles. The highest BCUT2D eigenvalue weighted by Crippen LogP contribution is 2.27. The first-order chi connectivity index (χ1) is 9.39. The lowest BCUT2D eigenvalue weighted by Gasteiger charge is -2.34. The van der Waals surface area contributed by atoms with Crippen molar-refractivity contribution in [3.8, 4) is 0 Å². The predicted octanol–water partition coefficient (Wildman–Crippen LogP) is 0.161. The minimum Gasteiger partial charge on any atom is -0.392 e. The van der Waals surface area contributed by atoms with Gasteiger partial charge in [-0.1, -0.05) is 6.92 Å². The van der Waals surface area contributed by atoms with Crippen LogP contribution in [0.4, 0.5) is 0 Å². The second-order valence-electron chi connectivity index (χ2n) is 6.92. The van der Waals surface area contributed by atoms with Crippen molar-refractivity contribution >= 4 is 0 Å². The summed E-state index contributed by atoms with van der Waals surface area (Å²) in [7, 11) is 4.23. The number of ether oxygens (including phenoxy) is 1. The van der Waals surface area contributed by atoms with Gasteiger partial charge in [0.1, 0.15) is 0 Å². The number of nitrogens with zero attached hydrogens (tertiary/aromatic N) is 2. The first-order valence-electron chi connectivity index (χ1n) is 7.76. The Bertz CT molecular complexity index is 305. The summed E-state index contributed by atoms with van der Waals surface area (Å²) in [5, 5.41) is 20.7. The molecule has 2 saturated heterocycles. The van der Waals surface area contributed by atoms with Crippen molar-refractivity contribution < 1.29 is 14.9 Å². The molecule has 2 aliphatic heterocycles. The Kier molecular flexibility index (Phi) is 5.42. The summed E-state index contributed by atoms with van der Waals surface area (Å²) in [6, 6.07) is 0.563. The number of hydrogen-bond donors (Lipinski definition) is 2. The summed E-state index contributed by atoms with van der Waals surface area (Å²) in [6.07, 6.45) is 1.29. The van der Waals surface area contributed by atoms with Gasteiger partial charge >= 0.3 is 0 Å². The summed E-state index contributed by atoms with van der Waals surface area (Å²) in [5.41, 5.74) is -0.732. The van der Waals surface area contributed by atoms with E-state index >= 15 is 0 Å². The summed E-state index contributed by atoms with van der Waals surface area (Å²) in [4.78, 5) is 4.59. The summed E-state index contributed by atoms with van der Waals surface area (Å²) >= 11 is 0. The molecule has 5 nitrogen and oxygen atoms in total. The molecule has 0 aromatic rings. The van der Waals surface area contributed by atoms with Gasteiger partial charge in [-0.3, -0.25) is 4.90 Å². The Hall–Kier alpha value is -0.200. The van der Waals surface area contributed by atoms with Gasteiger partial charge in [0.05, 0.1) is 11.7 Å². The molecule has 0 aromatic carbocycles. The SMILES string of the molecule is CC1CN(CC(O)CC2(O)CCOCC2)CC1N(C)C. The van der Waals surface area contributed by atoms with Crippen LogP contribution < -0.4 is 0 Å². The number of rotatable bonds is 5. The van der Waals surface area contributed by atoms with E-state index < -0.39 is 11.7 Å². The Balaban J connectivity index is 1.79. The van der Waals surface area contributed by atoms with Crippen molar-refractivity contribution in [2.45, 2.75) is 43.9 Å². The van der Waals surface area contributed by atoms with Crippen LogP contribution >= 0.6 is 0 Å². The zero-order chi connectivity index (χ0) is 14.8. The first kappa shape index (κ1) is 16.2. The minimum atomic E-state index is -0.732. The monoisotopic (exact) mass is 286 g/mol. The van der Waals surface area contributed by atoms with E-state index in [0.717, 1.165) is 13.1 Å². The van der Waals surface area contributed by atoms with Crippen molar-refractivity contribution in [1.82, 2.24) is 9.80 Å². The van der Waals surface area contributed by atoms with Crippen molar-refractivity contribution in [2.24, 2.45) is 5.92 Å². The standard InChI is InChI=1S/C15H30N2O3/c1-12-9-17(11-14(12)16(2)3)10-13(18)8-15(19)4-6-20-7-5-15/h12-14,18-19H,4-11H2,1-3H3. The largest absolute Gasteiger partial charge is 0.392 e. The molecule has 118 valence electrons. The quantitative estimate of drug-likeness (QED) is 0.754. The molecule has 0 saturated carbocycles. The van der Waals surface area contributed by atoms with E-state index in [4.69, 9.17) is 4.74 Å². The Morgan fingerprint density at radius 3 is 2.50 bits per heavy atom. The molecule has 0 bridgehead atoms. The van der Waals surface area contributed by atoms with Crippen LogP contribution in [0.2, 0.25) is 0 Å². The Morgan fingerprint density at radius 1 is 1.30 bits per heavy atom. The lowest BCUT2D eigenvalue weighted by atomic mass is 9.88. The van der Waals surface area contributed by atoms with E-state index in [1.807, 2.05) is 0 Å². The number of likely N-dealkylation sites (N-methyl/N-ethyl adjacent to an activating group) is 1. The van der Waals surface area contributed by atoms with Gasteiger partial charge in [-0.2, -0.15) is 0 Å². The molecule has 2 rings (SSSR count). The number of likely N-dealkylation sites (tertiary alicyclic amines) is 1. The number of β-amino-alcohol motifs (C(OH)–C–C–N with tert-alkyl or cyclic N) is 1. The van der Waals surface area contributed by atoms with Gasteiger partial charge in [-0.05, 0) is 32.9 Å². The molecular weight excluding hydrogens is 256 g/mol. The zero-order valence-electron chi connectivity index (χ0n) is 13.1. The molecule has 2 N–H and O–H groups in total. The van der Waals surface area contributed by atoms with Gasteiger partial charge in [-0.25, -0.2) is 0 Å². The molecule has 5 heteroatoms. The third kappa shape index (κ3) is 4.15. The van der Waals surface area contributed by atoms with E-state index in [2.05, 4.69) is 30.8 Å². The minimum absolute atomic E-state index is 0.453. The van der Waals surface area contributed by atoms with Crippen LogP contribution in [0.15, 0.2) is 0 Å². The molecule has 2 fully saturated rings. The van der Waals surface area contributed by atoms with Gasteiger partial charge in [0, 0.05) is 45.3 Å². The maximum absolute atomic E-state index is 10.4. The topological polar surface area (TPSA) is 56.2 Å². The third-order valence-corrected chi connectivity index (χ3v) is 4.82. The van der Waals surface area contributed by atoms with Crippen LogP contribution in [0.25, 0.3) is 0 Å². The zero-order valence-corrected chi connectivity index (χ0v) is 13.1. The summed E-state index contributed by atoms with van der Waals surface area (Å²) < 4.78 is 5.28. The van der Waals surface area contributed by atoms with Crippen molar-refractivity contribution in [3.63, 3.8) is 0 Å². The average molecular weight is 286 g/mol. The predicted molar refractivity (Wildman–Crippen MR) is 78.7 cm³/mol. The van der Waals surface area contributed by atoms with Gasteiger partial charge in [0.2, 0.25) is 0 Å². The van der Waals surface area contributed by atoms with E-state index in [9.17, 15) is 10.2 Å². The lowest BCUT2D eigenvalue weighted by molar-refractivity contribution is -0.0889. The van der Waals surface area contributed by atoms with E-state index in [1.54, 1.807) is 0 Å². The normalized spacial score (nSPS) is 32.7. The number of aliphatic hydroxyl groups is 2. The van der Waals surface area contributed by atoms with Crippen LogP contribution in [-0.4, -0.2) is 84.7 Å². The van der Waals surface area contributed by atoms with E-state index in [0.29, 0.717) is 51.0 Å². The van der Waals surface area contributed by atoms with Gasteiger partial charge < -0.3 is 19.8 Å². The van der Waals surface area contributed by atoms with Crippen molar-refractivity contribution in [3.05, 3.63) is 0 Å². The van der Waals surface area contributed by atoms with E-state index in [1.165, 1.54) is 0 Å². The maximum atomic E-state index is 10.4. The van der Waals surface area contributed by atoms with Gasteiger partial charge in [0.25, 0.3) is 0 Å². The highest BCUT2D eigenvalue weighted by molar-refractivity contribution is 4.89. The molecule has 0 amide bonds.